The Morgan fingerprint density at radius 1 is 1.05 bits per heavy atom. The van der Waals surface area contributed by atoms with Crippen molar-refractivity contribution in [2.45, 2.75) is 57.7 Å². The highest BCUT2D eigenvalue weighted by molar-refractivity contribution is 6.02. The van der Waals surface area contributed by atoms with Crippen molar-refractivity contribution < 1.29 is 24.2 Å². The van der Waals surface area contributed by atoms with Crippen molar-refractivity contribution in [2.75, 3.05) is 12.0 Å². The lowest BCUT2D eigenvalue weighted by molar-refractivity contribution is -0.127. The van der Waals surface area contributed by atoms with Crippen molar-refractivity contribution in [1.82, 2.24) is 20.3 Å². The molecule has 0 saturated heterocycles. The van der Waals surface area contributed by atoms with Gasteiger partial charge in [0.15, 0.2) is 17.3 Å². The van der Waals surface area contributed by atoms with Gasteiger partial charge in [0, 0.05) is 17.3 Å². The molecule has 1 fully saturated rings. The van der Waals surface area contributed by atoms with Crippen LogP contribution in [-0.2, 0) is 16.1 Å². The maximum atomic E-state index is 14.2. The number of nitrogens with zero attached hydrogens (tertiary/aromatic N) is 4. The zero-order chi connectivity index (χ0) is 28.9. The molecule has 1 atom stereocenters. The quantitative estimate of drug-likeness (QED) is 0.290. The molecule has 1 aliphatic carbocycles. The van der Waals surface area contributed by atoms with Gasteiger partial charge in [-0.15, -0.1) is 5.10 Å². The van der Waals surface area contributed by atoms with Crippen LogP contribution in [-0.4, -0.2) is 50.8 Å². The molecule has 4 aromatic rings. The molecule has 1 heterocycles. The molecular weight excluding hydrogens is 522 g/mol. The average Bonchev–Trinajstić information content (AvgIpc) is 3.38. The lowest BCUT2D eigenvalue weighted by Crippen LogP contribution is -2.48. The summed E-state index contributed by atoms with van der Waals surface area (Å²) in [5, 5.41) is 22.1. The molecule has 0 spiro atoms. The van der Waals surface area contributed by atoms with Gasteiger partial charge in [0.1, 0.15) is 18.1 Å². The monoisotopic (exact) mass is 555 g/mol. The molecule has 0 aliphatic heterocycles. The van der Waals surface area contributed by atoms with Crippen LogP contribution in [0.2, 0.25) is 0 Å². The number of aromatic hydroxyl groups is 1. The minimum Gasteiger partial charge on any atom is -0.504 e. The van der Waals surface area contributed by atoms with Crippen LogP contribution in [0.1, 0.15) is 61.0 Å². The third kappa shape index (κ3) is 6.06. The molecule has 5 rings (SSSR count). The lowest BCUT2D eigenvalue weighted by atomic mass is 9.94. The van der Waals surface area contributed by atoms with Crippen LogP contribution in [0.4, 0.5) is 5.69 Å². The molecule has 10 nitrogen and oxygen atoms in total. The number of phenols is 1. The number of carbonyl (C=O) groups is 3. The van der Waals surface area contributed by atoms with Crippen molar-refractivity contribution in [1.29, 1.82) is 0 Å². The number of phenolic OH excluding ortho intramolecular Hbond substituents is 1. The SMILES string of the molecule is COc1ccc([C@H](C(=O)NC2CCCCC2)N(C(=O)Cn2nnc3ccccc32)c2ccc(C(C)=O)cc2)cc1O. The molecule has 2 N–H and O–H groups in total. The van der Waals surface area contributed by atoms with Gasteiger partial charge in [0.2, 0.25) is 11.8 Å². The number of rotatable bonds is 9. The second-order valence-electron chi connectivity index (χ2n) is 10.3. The normalized spacial score (nSPS) is 14.4. The highest BCUT2D eigenvalue weighted by atomic mass is 16.5. The van der Waals surface area contributed by atoms with E-state index in [0.29, 0.717) is 27.8 Å². The first kappa shape index (κ1) is 27.8. The number of fused-ring (bicyclic) bond motifs is 1. The van der Waals surface area contributed by atoms with E-state index in [2.05, 4.69) is 15.6 Å². The molecule has 10 heteroatoms. The molecule has 1 saturated carbocycles. The number of ether oxygens (including phenoxy) is 1. The second-order valence-corrected chi connectivity index (χ2v) is 10.3. The number of hydrogen-bond donors (Lipinski definition) is 2. The molecule has 0 bridgehead atoms. The third-order valence-electron chi connectivity index (χ3n) is 7.50. The highest BCUT2D eigenvalue weighted by Gasteiger charge is 2.35. The third-order valence-corrected chi connectivity index (χ3v) is 7.50. The Kier molecular flexibility index (Phi) is 8.28. The molecule has 1 aromatic heterocycles. The fraction of sp³-hybridized carbons (Fsp3) is 0.323. The van der Waals surface area contributed by atoms with Crippen molar-refractivity contribution in [2.24, 2.45) is 0 Å². The van der Waals surface area contributed by atoms with Crippen LogP contribution >= 0.6 is 0 Å². The van der Waals surface area contributed by atoms with Crippen LogP contribution in [0.3, 0.4) is 0 Å². The van der Waals surface area contributed by atoms with Gasteiger partial charge in [-0.1, -0.05) is 42.7 Å². The van der Waals surface area contributed by atoms with Gasteiger partial charge in [0.05, 0.1) is 12.6 Å². The Bertz CT molecular complexity index is 1560. The standard InChI is InChI=1S/C31H33N5O5/c1-20(37)21-12-15-24(16-13-21)36(29(39)19-35-26-11-7-6-10-25(26)33-34-35)30(22-14-17-28(41-2)27(38)18-22)31(40)32-23-8-4-3-5-9-23/h6-7,10-18,23,30,38H,3-5,8-9,19H2,1-2H3,(H,32,40)/t30-/m1/s1. The molecule has 0 radical (unpaired) electrons. The number of para-hydroxylation sites is 1. The topological polar surface area (TPSA) is 127 Å². The first-order chi connectivity index (χ1) is 19.9. The maximum absolute atomic E-state index is 14.2. The number of anilines is 1. The molecule has 3 aromatic carbocycles. The molecule has 2 amide bonds. The minimum atomic E-state index is -1.13. The van der Waals surface area contributed by atoms with E-state index < -0.39 is 11.9 Å². The van der Waals surface area contributed by atoms with Crippen LogP contribution < -0.4 is 15.0 Å². The fourth-order valence-corrected chi connectivity index (χ4v) is 5.35. The Hall–Kier alpha value is -4.73. The minimum absolute atomic E-state index is 0.0121. The smallest absolute Gasteiger partial charge is 0.249 e. The highest BCUT2D eigenvalue weighted by Crippen LogP contribution is 2.35. The summed E-state index contributed by atoms with van der Waals surface area (Å²) in [5.41, 5.74) is 2.63. The van der Waals surface area contributed by atoms with Crippen molar-refractivity contribution in [3.05, 3.63) is 77.9 Å². The van der Waals surface area contributed by atoms with E-state index in [1.807, 2.05) is 24.3 Å². The van der Waals surface area contributed by atoms with Gasteiger partial charge in [-0.25, -0.2) is 4.68 Å². The number of ketones is 1. The number of Topliss-reactive ketones (excluding diaryl/α,β-unsaturated/α-hetero) is 1. The summed E-state index contributed by atoms with van der Waals surface area (Å²) in [6.45, 7) is 1.28. The Morgan fingerprint density at radius 2 is 1.78 bits per heavy atom. The first-order valence-corrected chi connectivity index (χ1v) is 13.7. The predicted octanol–water partition coefficient (Wildman–Crippen LogP) is 4.57. The van der Waals surface area contributed by atoms with E-state index in [1.54, 1.807) is 36.4 Å². The second kappa shape index (κ2) is 12.2. The summed E-state index contributed by atoms with van der Waals surface area (Å²) in [7, 11) is 1.44. The van der Waals surface area contributed by atoms with Gasteiger partial charge in [-0.3, -0.25) is 19.3 Å². The van der Waals surface area contributed by atoms with E-state index in [4.69, 9.17) is 4.74 Å². The number of nitrogens with one attached hydrogen (secondary N) is 1. The van der Waals surface area contributed by atoms with Crippen LogP contribution in [0, 0.1) is 0 Å². The molecule has 212 valence electrons. The van der Waals surface area contributed by atoms with Crippen LogP contribution in [0.15, 0.2) is 66.7 Å². The zero-order valence-electron chi connectivity index (χ0n) is 23.1. The summed E-state index contributed by atoms with van der Waals surface area (Å²) < 4.78 is 6.72. The summed E-state index contributed by atoms with van der Waals surface area (Å²) in [6.07, 6.45) is 4.89. The van der Waals surface area contributed by atoms with E-state index in [1.165, 1.54) is 29.7 Å². The molecule has 0 unspecified atom stereocenters. The largest absolute Gasteiger partial charge is 0.504 e. The van der Waals surface area contributed by atoms with Gasteiger partial charge in [0.25, 0.3) is 0 Å². The average molecular weight is 556 g/mol. The van der Waals surface area contributed by atoms with Gasteiger partial charge < -0.3 is 15.2 Å². The zero-order valence-corrected chi connectivity index (χ0v) is 23.1. The number of benzene rings is 3. The van der Waals surface area contributed by atoms with Gasteiger partial charge in [-0.2, -0.15) is 0 Å². The van der Waals surface area contributed by atoms with Crippen molar-refractivity contribution in [3.8, 4) is 11.5 Å². The maximum Gasteiger partial charge on any atom is 0.249 e. The lowest BCUT2D eigenvalue weighted by Gasteiger charge is -2.33. The summed E-state index contributed by atoms with van der Waals surface area (Å²) in [4.78, 5) is 41.7. The molecule has 41 heavy (non-hydrogen) atoms. The van der Waals surface area contributed by atoms with E-state index in [-0.39, 0.29) is 35.8 Å². The van der Waals surface area contributed by atoms with Crippen LogP contribution in [0.25, 0.3) is 11.0 Å². The molecule has 1 aliphatic rings. The van der Waals surface area contributed by atoms with Crippen LogP contribution in [0.5, 0.6) is 11.5 Å². The number of carbonyl (C=O) groups excluding carboxylic acids is 3. The molecular formula is C31H33N5O5. The van der Waals surface area contributed by atoms with E-state index in [9.17, 15) is 19.5 Å². The summed E-state index contributed by atoms with van der Waals surface area (Å²) >= 11 is 0. The van der Waals surface area contributed by atoms with Crippen molar-refractivity contribution >= 4 is 34.3 Å². The van der Waals surface area contributed by atoms with Gasteiger partial charge in [-0.05, 0) is 73.9 Å². The van der Waals surface area contributed by atoms with Crippen molar-refractivity contribution in [3.63, 3.8) is 0 Å². The Balaban J connectivity index is 1.60. The summed E-state index contributed by atoms with van der Waals surface area (Å²) in [5.74, 6) is -0.806. The fourth-order valence-electron chi connectivity index (χ4n) is 5.35. The summed E-state index contributed by atoms with van der Waals surface area (Å²) in [6, 6.07) is 17.4. The predicted molar refractivity (Wildman–Crippen MR) is 154 cm³/mol. The van der Waals surface area contributed by atoms with E-state index in [0.717, 1.165) is 32.1 Å². The number of hydrogen-bond acceptors (Lipinski definition) is 7. The number of aromatic nitrogens is 3. The number of amides is 2. The van der Waals surface area contributed by atoms with E-state index >= 15 is 0 Å². The Labute approximate surface area is 237 Å². The number of methoxy groups -OCH3 is 1. The first-order valence-electron chi connectivity index (χ1n) is 13.7. The van der Waals surface area contributed by atoms with Gasteiger partial charge >= 0.3 is 0 Å². The Morgan fingerprint density at radius 3 is 2.46 bits per heavy atom.